The number of ether oxygens (including phenoxy) is 2. The maximum Gasteiger partial charge on any atom is 0.459 e. The first-order valence-corrected chi connectivity index (χ1v) is 15.1. The largest absolute Gasteiger partial charge is 0.462 e. The number of fused-ring (bicyclic) bond motifs is 1. The van der Waals surface area contributed by atoms with E-state index in [2.05, 4.69) is 20.0 Å². The minimum atomic E-state index is -4.38. The van der Waals surface area contributed by atoms with E-state index in [1.807, 2.05) is 0 Å². The number of hydrazine groups is 1. The number of benzene rings is 1. The van der Waals surface area contributed by atoms with Crippen LogP contribution in [0.25, 0.3) is 11.2 Å². The Morgan fingerprint density at radius 1 is 1.33 bits per heavy atom. The fourth-order valence-electron chi connectivity index (χ4n) is 4.35. The van der Waals surface area contributed by atoms with Gasteiger partial charge in [0.1, 0.15) is 29.1 Å². The predicted octanol–water partition coefficient (Wildman–Crippen LogP) is 1.90. The first-order chi connectivity index (χ1) is 19.9. The van der Waals surface area contributed by atoms with Crippen molar-refractivity contribution >= 4 is 48.2 Å². The quantitative estimate of drug-likeness (QED) is 0.0872. The molecule has 0 amide bonds. The van der Waals surface area contributed by atoms with E-state index < -0.39 is 56.0 Å². The molecule has 1 aliphatic rings. The van der Waals surface area contributed by atoms with E-state index in [1.165, 1.54) is 60.9 Å². The van der Waals surface area contributed by atoms with Crippen LogP contribution >= 0.6 is 19.3 Å². The van der Waals surface area contributed by atoms with Crippen LogP contribution in [0.3, 0.4) is 0 Å². The zero-order valence-electron chi connectivity index (χ0n) is 24.5. The number of aliphatic hydroxyl groups is 2. The number of nitrogens with one attached hydrogen (secondary N) is 1. The Balaban J connectivity index is 1.61. The van der Waals surface area contributed by atoms with Crippen molar-refractivity contribution in [3.63, 3.8) is 0 Å². The van der Waals surface area contributed by atoms with Crippen LogP contribution in [0.15, 0.2) is 30.6 Å². The van der Waals surface area contributed by atoms with E-state index in [-0.39, 0.29) is 28.7 Å². The Labute approximate surface area is 252 Å². The van der Waals surface area contributed by atoms with Gasteiger partial charge in [-0.15, -0.1) is 0 Å². The molecule has 4 rings (SSSR count). The van der Waals surface area contributed by atoms with Gasteiger partial charge in [0.15, 0.2) is 23.2 Å². The lowest BCUT2D eigenvalue weighted by molar-refractivity contribution is -0.153. The fourth-order valence-corrected chi connectivity index (χ4v) is 6.16. The van der Waals surface area contributed by atoms with Gasteiger partial charge >= 0.3 is 13.7 Å². The molecular formula is C25H36ClN8O8P. The zero-order chi connectivity index (χ0) is 31.9. The molecule has 1 fully saturated rings. The van der Waals surface area contributed by atoms with Gasteiger partial charge in [-0.1, -0.05) is 11.6 Å². The summed E-state index contributed by atoms with van der Waals surface area (Å²) in [5.74, 6) is 5.39. The number of anilines is 2. The van der Waals surface area contributed by atoms with E-state index in [0.717, 1.165) is 0 Å². The predicted molar refractivity (Wildman–Crippen MR) is 157 cm³/mol. The highest BCUT2D eigenvalue weighted by Crippen LogP contribution is 2.48. The Bertz CT molecular complexity index is 1520. The first-order valence-electron chi connectivity index (χ1n) is 13.2. The van der Waals surface area contributed by atoms with Gasteiger partial charge in [-0.3, -0.25) is 18.9 Å². The summed E-state index contributed by atoms with van der Waals surface area (Å²) >= 11 is 5.96. The summed E-state index contributed by atoms with van der Waals surface area (Å²) in [6.07, 6.45) is -3.13. The molecule has 0 radical (unpaired) electrons. The van der Waals surface area contributed by atoms with Crippen molar-refractivity contribution in [3.8, 4) is 5.75 Å². The molecule has 18 heteroatoms. The molecule has 236 valence electrons. The van der Waals surface area contributed by atoms with E-state index in [4.69, 9.17) is 41.7 Å². The van der Waals surface area contributed by atoms with Crippen LogP contribution in [-0.2, 0) is 23.4 Å². The summed E-state index contributed by atoms with van der Waals surface area (Å²) in [4.78, 5) is 25.3. The number of halogens is 1. The molecule has 16 nitrogen and oxygen atoms in total. The number of esters is 1. The molecule has 2 aromatic heterocycles. The van der Waals surface area contributed by atoms with Gasteiger partial charge in [0.2, 0.25) is 5.95 Å². The van der Waals surface area contributed by atoms with Crippen LogP contribution in [-0.4, -0.2) is 78.8 Å². The summed E-state index contributed by atoms with van der Waals surface area (Å²) in [5, 5.41) is 26.7. The van der Waals surface area contributed by atoms with Gasteiger partial charge in [-0.25, -0.2) is 15.4 Å². The van der Waals surface area contributed by atoms with Crippen molar-refractivity contribution in [1.29, 1.82) is 0 Å². The lowest BCUT2D eigenvalue weighted by Crippen LogP contribution is -2.48. The van der Waals surface area contributed by atoms with Crippen LogP contribution in [0.2, 0.25) is 5.02 Å². The number of imidazole rings is 1. The molecule has 1 aliphatic heterocycles. The lowest BCUT2D eigenvalue weighted by Gasteiger charge is -2.30. The average molecular weight is 643 g/mol. The van der Waals surface area contributed by atoms with Crippen LogP contribution in [0.5, 0.6) is 5.75 Å². The topological polar surface area (TPSA) is 222 Å². The van der Waals surface area contributed by atoms with Crippen molar-refractivity contribution in [2.75, 3.05) is 24.4 Å². The highest BCUT2D eigenvalue weighted by Gasteiger charge is 2.54. The normalized spacial score (nSPS) is 23.8. The second-order valence-electron chi connectivity index (χ2n) is 11.1. The monoisotopic (exact) mass is 642 g/mol. The summed E-state index contributed by atoms with van der Waals surface area (Å²) < 4.78 is 38.1. The fraction of sp³-hybridized carbons (Fsp3) is 0.520. The van der Waals surface area contributed by atoms with Gasteiger partial charge in [-0.2, -0.15) is 15.1 Å². The molecule has 3 unspecified atom stereocenters. The van der Waals surface area contributed by atoms with E-state index in [1.54, 1.807) is 20.9 Å². The number of nitrogens with zero attached hydrogens (tertiary/aromatic N) is 5. The summed E-state index contributed by atoms with van der Waals surface area (Å²) in [7, 11) is -2.84. The molecule has 1 aromatic carbocycles. The average Bonchev–Trinajstić information content (AvgIpc) is 3.40. The molecule has 0 bridgehead atoms. The third-order valence-electron chi connectivity index (χ3n) is 6.48. The lowest BCUT2D eigenvalue weighted by atomic mass is 9.96. The molecule has 43 heavy (non-hydrogen) atoms. The molecule has 1 saturated heterocycles. The number of hydrogen-bond donors (Lipinski definition) is 5. The number of carbonyl (C=O) groups excluding carboxylic acids is 1. The van der Waals surface area contributed by atoms with Crippen molar-refractivity contribution in [1.82, 2.24) is 24.6 Å². The Morgan fingerprint density at radius 3 is 2.58 bits per heavy atom. The van der Waals surface area contributed by atoms with Crippen LogP contribution in [0.4, 0.5) is 11.8 Å². The second kappa shape index (κ2) is 12.1. The third kappa shape index (κ3) is 7.02. The third-order valence-corrected chi connectivity index (χ3v) is 8.50. The van der Waals surface area contributed by atoms with E-state index >= 15 is 0 Å². The molecule has 0 aliphatic carbocycles. The highest BCUT2D eigenvalue weighted by atomic mass is 35.5. The van der Waals surface area contributed by atoms with Gasteiger partial charge in [0.25, 0.3) is 0 Å². The number of nitrogen functional groups attached to an aromatic ring is 1. The summed E-state index contributed by atoms with van der Waals surface area (Å²) in [6, 6.07) is 5.97. The van der Waals surface area contributed by atoms with Crippen molar-refractivity contribution in [2.45, 2.75) is 70.3 Å². The van der Waals surface area contributed by atoms with Crippen molar-refractivity contribution < 1.29 is 38.1 Å². The second-order valence-corrected chi connectivity index (χ2v) is 13.2. The van der Waals surface area contributed by atoms with Crippen molar-refractivity contribution in [2.24, 2.45) is 5.84 Å². The number of rotatable bonds is 11. The molecule has 7 N–H and O–H groups in total. The van der Waals surface area contributed by atoms with E-state index in [9.17, 15) is 19.6 Å². The Kier molecular flexibility index (Phi) is 9.26. The van der Waals surface area contributed by atoms with Crippen molar-refractivity contribution in [3.05, 3.63) is 35.6 Å². The van der Waals surface area contributed by atoms with Gasteiger partial charge in [0, 0.05) is 12.1 Å². The Morgan fingerprint density at radius 2 is 1.98 bits per heavy atom. The minimum absolute atomic E-state index is 0.107. The number of carbonyl (C=O) groups is 1. The highest BCUT2D eigenvalue weighted by molar-refractivity contribution is 7.52. The SMILES string of the molecule is CC(C)OC(=O)C(C)(C)NP(=O)(OCC1OC(n2cnc3c(N(C)N)nc(N)nc32)[C@](C)(O)[C@@H]1O)Oc1ccc(Cl)cc1. The smallest absolute Gasteiger partial charge is 0.459 e. The minimum Gasteiger partial charge on any atom is -0.462 e. The van der Waals surface area contributed by atoms with Crippen LogP contribution in [0.1, 0.15) is 40.8 Å². The molecule has 5 atom stereocenters. The molecule has 0 saturated carbocycles. The first kappa shape index (κ1) is 32.8. The van der Waals surface area contributed by atoms with E-state index in [0.29, 0.717) is 5.02 Å². The molecular weight excluding hydrogens is 607 g/mol. The number of nitrogens with two attached hydrogens (primary N) is 2. The van der Waals surface area contributed by atoms with Crippen LogP contribution < -0.4 is 26.2 Å². The summed E-state index contributed by atoms with van der Waals surface area (Å²) in [6.45, 7) is 7.06. The molecule has 3 aromatic rings. The van der Waals surface area contributed by atoms with Gasteiger partial charge in [-0.05, 0) is 58.9 Å². The van der Waals surface area contributed by atoms with Gasteiger partial charge < -0.3 is 29.9 Å². The molecule has 3 heterocycles. The zero-order valence-corrected chi connectivity index (χ0v) is 26.1. The number of aliphatic hydroxyl groups excluding tert-OH is 1. The summed E-state index contributed by atoms with van der Waals surface area (Å²) in [5.41, 5.74) is 2.88. The number of aromatic nitrogens is 4. The Hall–Kier alpha value is -3.08. The maximum absolute atomic E-state index is 14.1. The van der Waals surface area contributed by atoms with Gasteiger partial charge in [0.05, 0.1) is 19.0 Å². The standard InChI is InChI=1S/C25H36ClN8O8P/c1-13(2)40-22(36)24(3,4)32-43(38,42-15-9-7-14(26)8-10-15)39-11-16-18(35)25(5,37)21(41-16)34-12-29-17-19(33(6)28)30-23(27)31-20(17)34/h7-10,12-13,16,18,21,35,37H,11,28H2,1-6H3,(H,32,38)(H2,27,30,31)/t16?,18-,21?,25-,43?/m1/s1. The maximum atomic E-state index is 14.1. The van der Waals surface area contributed by atoms with Crippen LogP contribution in [0, 0.1) is 0 Å². The molecule has 0 spiro atoms. The number of hydrogen-bond acceptors (Lipinski definition) is 14.